The van der Waals surface area contributed by atoms with Crippen molar-refractivity contribution in [3.63, 3.8) is 0 Å². The number of rotatable bonds is 8. The van der Waals surface area contributed by atoms with E-state index in [1.165, 1.54) is 16.3 Å². The molecule has 0 atom stereocenters. The van der Waals surface area contributed by atoms with Gasteiger partial charge in [0.2, 0.25) is 0 Å². The third kappa shape index (κ3) is 6.84. The van der Waals surface area contributed by atoms with Crippen molar-refractivity contribution in [2.24, 2.45) is 0 Å². The van der Waals surface area contributed by atoms with E-state index in [-0.39, 0.29) is 0 Å². The maximum Gasteiger partial charge on any atom is 0.160 e. The number of nitrogens with zero attached hydrogens (tertiary/aromatic N) is 5. The molecule has 11 rings (SSSR count). The molecule has 0 bridgehead atoms. The molecule has 0 saturated heterocycles. The predicted octanol–water partition coefficient (Wildman–Crippen LogP) is 14.0. The predicted molar refractivity (Wildman–Crippen MR) is 250 cm³/mol. The highest BCUT2D eigenvalue weighted by Gasteiger charge is 2.21. The van der Waals surface area contributed by atoms with Crippen molar-refractivity contribution in [2.75, 3.05) is 0 Å². The zero-order valence-corrected chi connectivity index (χ0v) is 33.1. The molecule has 0 radical (unpaired) electrons. The fourth-order valence-corrected chi connectivity index (χ4v) is 8.26. The van der Waals surface area contributed by atoms with Crippen molar-refractivity contribution < 1.29 is 0 Å². The standard InChI is InChI=1S/C56H37N5/c1-6-18-38(19-7-1)43-30-32-46-45-28-16-17-29-52(45)61(54(46)35-43)53-33-31-44(50-36-48(39-20-8-2-9-21-39)57-55(59-50)41-24-12-4-13-25-41)34-47(53)51-37-49(40-22-10-3-11-23-40)58-56(60-51)42-26-14-5-15-27-42/h1-37H. The van der Waals surface area contributed by atoms with Crippen molar-refractivity contribution >= 4 is 21.8 Å². The van der Waals surface area contributed by atoms with Gasteiger partial charge in [-0.05, 0) is 47.5 Å². The number of benzene rings is 8. The molecular formula is C56H37N5. The molecule has 0 saturated carbocycles. The first-order valence-electron chi connectivity index (χ1n) is 20.5. The Labute approximate surface area is 354 Å². The Morgan fingerprint density at radius 2 is 0.689 bits per heavy atom. The van der Waals surface area contributed by atoms with E-state index in [0.717, 1.165) is 78.4 Å². The maximum absolute atomic E-state index is 5.40. The average molecular weight is 780 g/mol. The number of para-hydroxylation sites is 1. The minimum absolute atomic E-state index is 0.654. The first-order valence-corrected chi connectivity index (χ1v) is 20.5. The minimum atomic E-state index is 0.654. The van der Waals surface area contributed by atoms with Gasteiger partial charge in [0, 0.05) is 44.2 Å². The summed E-state index contributed by atoms with van der Waals surface area (Å²) in [7, 11) is 0. The van der Waals surface area contributed by atoms with Gasteiger partial charge in [0.05, 0.1) is 39.5 Å². The summed E-state index contributed by atoms with van der Waals surface area (Å²) < 4.78 is 2.40. The molecule has 0 amide bonds. The molecule has 11 aromatic rings. The molecule has 3 heterocycles. The van der Waals surface area contributed by atoms with Crippen LogP contribution in [-0.2, 0) is 0 Å². The topological polar surface area (TPSA) is 56.5 Å². The second-order valence-corrected chi connectivity index (χ2v) is 15.1. The minimum Gasteiger partial charge on any atom is -0.309 e. The maximum atomic E-state index is 5.40. The lowest BCUT2D eigenvalue weighted by atomic mass is 9.99. The molecule has 0 fully saturated rings. The van der Waals surface area contributed by atoms with Gasteiger partial charge in [0.1, 0.15) is 0 Å². The molecule has 8 aromatic carbocycles. The lowest BCUT2D eigenvalue weighted by Gasteiger charge is -2.17. The lowest BCUT2D eigenvalue weighted by Crippen LogP contribution is -2.02. The highest BCUT2D eigenvalue weighted by atomic mass is 15.0. The van der Waals surface area contributed by atoms with Gasteiger partial charge < -0.3 is 4.57 Å². The molecule has 0 unspecified atom stereocenters. The van der Waals surface area contributed by atoms with Gasteiger partial charge in [0.15, 0.2) is 11.6 Å². The van der Waals surface area contributed by atoms with Crippen LogP contribution in [0.25, 0.3) is 106 Å². The van der Waals surface area contributed by atoms with Gasteiger partial charge >= 0.3 is 0 Å². The van der Waals surface area contributed by atoms with Gasteiger partial charge in [0.25, 0.3) is 0 Å². The van der Waals surface area contributed by atoms with E-state index in [2.05, 4.69) is 168 Å². The van der Waals surface area contributed by atoms with E-state index >= 15 is 0 Å². The van der Waals surface area contributed by atoms with Crippen molar-refractivity contribution in [1.29, 1.82) is 0 Å². The van der Waals surface area contributed by atoms with E-state index < -0.39 is 0 Å². The van der Waals surface area contributed by atoms with Crippen LogP contribution in [0.5, 0.6) is 0 Å². The largest absolute Gasteiger partial charge is 0.309 e. The van der Waals surface area contributed by atoms with Gasteiger partial charge in [-0.3, -0.25) is 0 Å². The van der Waals surface area contributed by atoms with Crippen LogP contribution in [0, 0.1) is 0 Å². The fraction of sp³-hybridized carbons (Fsp3) is 0. The van der Waals surface area contributed by atoms with Gasteiger partial charge in [-0.15, -0.1) is 0 Å². The fourth-order valence-electron chi connectivity index (χ4n) is 8.26. The van der Waals surface area contributed by atoms with Crippen molar-refractivity contribution in [1.82, 2.24) is 24.5 Å². The van der Waals surface area contributed by atoms with E-state index in [1.807, 2.05) is 60.7 Å². The van der Waals surface area contributed by atoms with Crippen molar-refractivity contribution in [3.8, 4) is 84.6 Å². The quantitative estimate of drug-likeness (QED) is 0.154. The number of fused-ring (bicyclic) bond motifs is 3. The Bertz CT molecular complexity index is 3210. The highest BCUT2D eigenvalue weighted by Crippen LogP contribution is 2.40. The molecule has 61 heavy (non-hydrogen) atoms. The first kappa shape index (κ1) is 35.8. The summed E-state index contributed by atoms with van der Waals surface area (Å²) in [5.74, 6) is 1.32. The molecule has 0 aliphatic carbocycles. The average Bonchev–Trinajstić information content (AvgIpc) is 3.68. The number of hydrogen-bond donors (Lipinski definition) is 0. The molecule has 0 aliphatic heterocycles. The van der Waals surface area contributed by atoms with Crippen LogP contribution >= 0.6 is 0 Å². The van der Waals surface area contributed by atoms with E-state index in [4.69, 9.17) is 19.9 Å². The van der Waals surface area contributed by atoms with E-state index in [1.54, 1.807) is 0 Å². The van der Waals surface area contributed by atoms with Crippen LogP contribution in [0.2, 0.25) is 0 Å². The summed E-state index contributed by atoms with van der Waals surface area (Å²) in [4.78, 5) is 20.9. The SMILES string of the molecule is c1ccc(-c2ccc3c4ccccc4n(-c4ccc(-c5cc(-c6ccccc6)nc(-c6ccccc6)n5)cc4-c4cc(-c5ccccc5)nc(-c5ccccc5)n4)c3c2)cc1. The molecule has 0 N–H and O–H groups in total. The van der Waals surface area contributed by atoms with Crippen LogP contribution in [0.1, 0.15) is 0 Å². The lowest BCUT2D eigenvalue weighted by molar-refractivity contribution is 1.15. The summed E-state index contributed by atoms with van der Waals surface area (Å²) in [6, 6.07) is 78.0. The van der Waals surface area contributed by atoms with Crippen molar-refractivity contribution in [2.45, 2.75) is 0 Å². The normalized spacial score (nSPS) is 11.3. The molecule has 3 aromatic heterocycles. The van der Waals surface area contributed by atoms with Crippen LogP contribution in [-0.4, -0.2) is 24.5 Å². The monoisotopic (exact) mass is 779 g/mol. The third-order valence-electron chi connectivity index (χ3n) is 11.2. The third-order valence-corrected chi connectivity index (χ3v) is 11.2. The smallest absolute Gasteiger partial charge is 0.160 e. The molecule has 5 heteroatoms. The van der Waals surface area contributed by atoms with Crippen LogP contribution < -0.4 is 0 Å². The van der Waals surface area contributed by atoms with Gasteiger partial charge in [-0.25, -0.2) is 19.9 Å². The van der Waals surface area contributed by atoms with Crippen LogP contribution in [0.15, 0.2) is 224 Å². The first-order chi connectivity index (χ1) is 30.2. The number of aromatic nitrogens is 5. The molecule has 0 spiro atoms. The highest BCUT2D eigenvalue weighted by molar-refractivity contribution is 6.10. The Kier molecular flexibility index (Phi) is 9.10. The Morgan fingerprint density at radius 1 is 0.262 bits per heavy atom. The van der Waals surface area contributed by atoms with Crippen LogP contribution in [0.3, 0.4) is 0 Å². The van der Waals surface area contributed by atoms with Gasteiger partial charge in [-0.1, -0.05) is 188 Å². The van der Waals surface area contributed by atoms with Crippen LogP contribution in [0.4, 0.5) is 0 Å². The molecule has 5 nitrogen and oxygen atoms in total. The summed E-state index contributed by atoms with van der Waals surface area (Å²) >= 11 is 0. The summed E-state index contributed by atoms with van der Waals surface area (Å²) in [6.45, 7) is 0. The second kappa shape index (κ2) is 15.5. The van der Waals surface area contributed by atoms with E-state index in [9.17, 15) is 0 Å². The summed E-state index contributed by atoms with van der Waals surface area (Å²) in [5.41, 5.74) is 14.7. The molecular weight excluding hydrogens is 743 g/mol. The Balaban J connectivity index is 1.21. The second-order valence-electron chi connectivity index (χ2n) is 15.1. The Morgan fingerprint density at radius 3 is 1.26 bits per heavy atom. The van der Waals surface area contributed by atoms with E-state index in [0.29, 0.717) is 11.6 Å². The van der Waals surface area contributed by atoms with Crippen molar-refractivity contribution in [3.05, 3.63) is 224 Å². The Hall–Kier alpha value is -8.28. The molecule has 286 valence electrons. The number of hydrogen-bond acceptors (Lipinski definition) is 4. The zero-order chi connectivity index (χ0) is 40.5. The zero-order valence-electron chi connectivity index (χ0n) is 33.1. The van der Waals surface area contributed by atoms with Gasteiger partial charge in [-0.2, -0.15) is 0 Å². The summed E-state index contributed by atoms with van der Waals surface area (Å²) in [5, 5.41) is 2.36. The molecule has 0 aliphatic rings. The summed E-state index contributed by atoms with van der Waals surface area (Å²) in [6.07, 6.45) is 0.